The molecule has 1 heterocycles. The Balaban J connectivity index is 3.09. The molecule has 1 atom stereocenters. The van der Waals surface area contributed by atoms with Gasteiger partial charge >= 0.3 is 0 Å². The number of aromatic nitrogens is 1. The van der Waals surface area contributed by atoms with E-state index >= 15 is 0 Å². The zero-order chi connectivity index (χ0) is 8.43. The summed E-state index contributed by atoms with van der Waals surface area (Å²) in [4.78, 5) is 4.00. The van der Waals surface area contributed by atoms with E-state index in [2.05, 4.69) is 4.98 Å². The number of aliphatic hydroxyl groups is 1. The standard InChI is InChI=1S/C8H10ClNO/c1-5-3-4-7(6(2)11)8(9)10-5/h3-4,6,11H,1-2H3/t6-/m0/s1. The summed E-state index contributed by atoms with van der Waals surface area (Å²) in [6, 6.07) is 3.61. The minimum absolute atomic E-state index is 0.389. The molecule has 0 aromatic carbocycles. The van der Waals surface area contributed by atoms with Crippen molar-refractivity contribution in [1.29, 1.82) is 0 Å². The Morgan fingerprint density at radius 3 is 2.64 bits per heavy atom. The second-order valence-corrected chi connectivity index (χ2v) is 2.87. The molecule has 60 valence electrons. The van der Waals surface area contributed by atoms with Crippen molar-refractivity contribution in [2.75, 3.05) is 0 Å². The number of halogens is 1. The highest BCUT2D eigenvalue weighted by atomic mass is 35.5. The van der Waals surface area contributed by atoms with Gasteiger partial charge in [0.05, 0.1) is 6.10 Å². The third kappa shape index (κ3) is 1.91. The van der Waals surface area contributed by atoms with E-state index in [4.69, 9.17) is 11.6 Å². The van der Waals surface area contributed by atoms with Crippen LogP contribution in [-0.4, -0.2) is 10.1 Å². The van der Waals surface area contributed by atoms with Gasteiger partial charge in [-0.1, -0.05) is 17.7 Å². The maximum absolute atomic E-state index is 9.17. The average molecular weight is 172 g/mol. The van der Waals surface area contributed by atoms with Gasteiger partial charge in [-0.15, -0.1) is 0 Å². The highest BCUT2D eigenvalue weighted by Gasteiger charge is 2.06. The topological polar surface area (TPSA) is 33.1 Å². The normalized spacial score (nSPS) is 13.1. The molecule has 0 bridgehead atoms. The molecule has 1 aromatic rings. The predicted octanol–water partition coefficient (Wildman–Crippen LogP) is 2.10. The van der Waals surface area contributed by atoms with Gasteiger partial charge in [0.25, 0.3) is 0 Å². The smallest absolute Gasteiger partial charge is 0.135 e. The average Bonchev–Trinajstić information content (AvgIpc) is 1.85. The molecule has 1 aromatic heterocycles. The third-order valence-corrected chi connectivity index (χ3v) is 1.77. The van der Waals surface area contributed by atoms with Crippen LogP contribution in [0.3, 0.4) is 0 Å². The second-order valence-electron chi connectivity index (χ2n) is 2.51. The van der Waals surface area contributed by atoms with Crippen molar-refractivity contribution in [3.63, 3.8) is 0 Å². The molecule has 0 saturated carbocycles. The van der Waals surface area contributed by atoms with Crippen LogP contribution in [0.1, 0.15) is 24.3 Å². The van der Waals surface area contributed by atoms with E-state index in [1.54, 1.807) is 13.0 Å². The molecule has 3 heteroatoms. The first-order chi connectivity index (χ1) is 5.11. The van der Waals surface area contributed by atoms with E-state index in [1.165, 1.54) is 0 Å². The van der Waals surface area contributed by atoms with Crippen molar-refractivity contribution in [2.45, 2.75) is 20.0 Å². The molecular formula is C8H10ClNO. The second kappa shape index (κ2) is 3.20. The van der Waals surface area contributed by atoms with Crippen LogP contribution in [0.25, 0.3) is 0 Å². The summed E-state index contributed by atoms with van der Waals surface area (Å²) in [6.07, 6.45) is -0.546. The van der Waals surface area contributed by atoms with Crippen molar-refractivity contribution in [3.05, 3.63) is 28.5 Å². The molecule has 11 heavy (non-hydrogen) atoms. The van der Waals surface area contributed by atoms with Gasteiger partial charge in [0.15, 0.2) is 0 Å². The molecular weight excluding hydrogens is 162 g/mol. The zero-order valence-corrected chi connectivity index (χ0v) is 7.26. The largest absolute Gasteiger partial charge is 0.389 e. The number of aryl methyl sites for hydroxylation is 1. The molecule has 0 saturated heterocycles. The quantitative estimate of drug-likeness (QED) is 0.657. The number of hydrogen-bond donors (Lipinski definition) is 1. The van der Waals surface area contributed by atoms with Crippen LogP contribution in [-0.2, 0) is 0 Å². The highest BCUT2D eigenvalue weighted by Crippen LogP contribution is 2.20. The van der Waals surface area contributed by atoms with Crippen molar-refractivity contribution in [3.8, 4) is 0 Å². The monoisotopic (exact) mass is 171 g/mol. The lowest BCUT2D eigenvalue weighted by atomic mass is 10.2. The van der Waals surface area contributed by atoms with Crippen molar-refractivity contribution in [1.82, 2.24) is 4.98 Å². The Kier molecular flexibility index (Phi) is 2.47. The number of pyridine rings is 1. The van der Waals surface area contributed by atoms with Gasteiger partial charge in [0, 0.05) is 11.3 Å². The Morgan fingerprint density at radius 2 is 2.18 bits per heavy atom. The van der Waals surface area contributed by atoms with Crippen molar-refractivity contribution < 1.29 is 5.11 Å². The van der Waals surface area contributed by atoms with Crippen LogP contribution in [0.5, 0.6) is 0 Å². The molecule has 0 amide bonds. The van der Waals surface area contributed by atoms with Crippen LogP contribution >= 0.6 is 11.6 Å². The highest BCUT2D eigenvalue weighted by molar-refractivity contribution is 6.30. The minimum Gasteiger partial charge on any atom is -0.389 e. The van der Waals surface area contributed by atoms with E-state index in [9.17, 15) is 5.11 Å². The molecule has 0 aliphatic carbocycles. The minimum atomic E-state index is -0.546. The number of rotatable bonds is 1. The van der Waals surface area contributed by atoms with E-state index in [1.807, 2.05) is 13.0 Å². The number of nitrogens with zero attached hydrogens (tertiary/aromatic N) is 1. The summed E-state index contributed by atoms with van der Waals surface area (Å²) < 4.78 is 0. The maximum atomic E-state index is 9.17. The van der Waals surface area contributed by atoms with Gasteiger partial charge in [0.2, 0.25) is 0 Å². The molecule has 0 unspecified atom stereocenters. The van der Waals surface area contributed by atoms with Crippen LogP contribution in [0.15, 0.2) is 12.1 Å². The number of aliphatic hydroxyl groups excluding tert-OH is 1. The Hall–Kier alpha value is -0.600. The summed E-state index contributed by atoms with van der Waals surface area (Å²) in [5.74, 6) is 0. The summed E-state index contributed by atoms with van der Waals surface area (Å²) in [7, 11) is 0. The SMILES string of the molecule is Cc1ccc([C@H](C)O)c(Cl)n1. The van der Waals surface area contributed by atoms with Crippen LogP contribution < -0.4 is 0 Å². The lowest BCUT2D eigenvalue weighted by Crippen LogP contribution is -1.94. The van der Waals surface area contributed by atoms with Gasteiger partial charge in [-0.3, -0.25) is 0 Å². The van der Waals surface area contributed by atoms with E-state index in [0.717, 1.165) is 5.69 Å². The summed E-state index contributed by atoms with van der Waals surface area (Å²) in [5, 5.41) is 9.56. The van der Waals surface area contributed by atoms with E-state index < -0.39 is 6.10 Å². The van der Waals surface area contributed by atoms with Crippen molar-refractivity contribution >= 4 is 11.6 Å². The van der Waals surface area contributed by atoms with Crippen LogP contribution in [0, 0.1) is 6.92 Å². The Labute approximate surface area is 70.8 Å². The third-order valence-electron chi connectivity index (χ3n) is 1.47. The first-order valence-electron chi connectivity index (χ1n) is 3.42. The van der Waals surface area contributed by atoms with E-state index in [0.29, 0.717) is 10.7 Å². The Bertz CT molecular complexity index is 260. The molecule has 1 rings (SSSR count). The first kappa shape index (κ1) is 8.50. The van der Waals surface area contributed by atoms with Gasteiger partial charge in [0.1, 0.15) is 5.15 Å². The molecule has 0 spiro atoms. The van der Waals surface area contributed by atoms with Gasteiger partial charge < -0.3 is 5.11 Å². The fourth-order valence-electron chi connectivity index (χ4n) is 0.847. The van der Waals surface area contributed by atoms with E-state index in [-0.39, 0.29) is 0 Å². The Morgan fingerprint density at radius 1 is 1.55 bits per heavy atom. The summed E-state index contributed by atoms with van der Waals surface area (Å²) in [6.45, 7) is 3.52. The lowest BCUT2D eigenvalue weighted by Gasteiger charge is -2.05. The van der Waals surface area contributed by atoms with Gasteiger partial charge in [-0.2, -0.15) is 0 Å². The molecule has 0 fully saturated rings. The number of hydrogen-bond acceptors (Lipinski definition) is 2. The maximum Gasteiger partial charge on any atom is 0.135 e. The fraction of sp³-hybridized carbons (Fsp3) is 0.375. The first-order valence-corrected chi connectivity index (χ1v) is 3.80. The molecule has 0 radical (unpaired) electrons. The van der Waals surface area contributed by atoms with Crippen molar-refractivity contribution in [2.24, 2.45) is 0 Å². The molecule has 0 aliphatic heterocycles. The summed E-state index contributed by atoms with van der Waals surface area (Å²) >= 11 is 5.75. The predicted molar refractivity (Wildman–Crippen MR) is 44.6 cm³/mol. The zero-order valence-electron chi connectivity index (χ0n) is 6.50. The van der Waals surface area contributed by atoms with Gasteiger partial charge in [-0.25, -0.2) is 4.98 Å². The lowest BCUT2D eigenvalue weighted by molar-refractivity contribution is 0.199. The molecule has 0 aliphatic rings. The fourth-order valence-corrected chi connectivity index (χ4v) is 1.20. The summed E-state index contributed by atoms with van der Waals surface area (Å²) in [5.41, 5.74) is 1.54. The van der Waals surface area contributed by atoms with Gasteiger partial charge in [-0.05, 0) is 19.9 Å². The van der Waals surface area contributed by atoms with Crippen LogP contribution in [0.2, 0.25) is 5.15 Å². The van der Waals surface area contributed by atoms with Crippen LogP contribution in [0.4, 0.5) is 0 Å². The molecule has 2 nitrogen and oxygen atoms in total. The molecule has 1 N–H and O–H groups in total.